The topological polar surface area (TPSA) is 104 Å². The summed E-state index contributed by atoms with van der Waals surface area (Å²) >= 11 is 0. The van der Waals surface area contributed by atoms with E-state index >= 15 is 0 Å². The Morgan fingerprint density at radius 1 is 1.31 bits per heavy atom. The third kappa shape index (κ3) is 4.51. The molecule has 2 heterocycles. The lowest BCUT2D eigenvalue weighted by Gasteiger charge is -2.14. The number of aliphatic hydroxyl groups excluding tert-OH is 1. The highest BCUT2D eigenvalue weighted by molar-refractivity contribution is 5.70. The van der Waals surface area contributed by atoms with Gasteiger partial charge >= 0.3 is 5.97 Å². The smallest absolute Gasteiger partial charge is 0.306 e. The van der Waals surface area contributed by atoms with Crippen LogP contribution in [0.15, 0.2) is 22.7 Å². The number of carbonyl (C=O) groups excluding carboxylic acids is 1. The molecule has 8 nitrogen and oxygen atoms in total. The fourth-order valence-corrected chi connectivity index (χ4v) is 2.84. The number of esters is 1. The number of nitrogens with zero attached hydrogens (tertiary/aromatic N) is 2. The number of hydrogen-bond donors (Lipinski definition) is 1. The predicted molar refractivity (Wildman–Crippen MR) is 90.0 cm³/mol. The molecule has 0 aliphatic carbocycles. The highest BCUT2D eigenvalue weighted by Crippen LogP contribution is 2.36. The van der Waals surface area contributed by atoms with Crippen LogP contribution in [0, 0.1) is 0 Å². The highest BCUT2D eigenvalue weighted by atomic mass is 16.7. The minimum absolute atomic E-state index is 0.149. The second-order valence-corrected chi connectivity index (χ2v) is 6.08. The summed E-state index contributed by atoms with van der Waals surface area (Å²) in [4.78, 5) is 16.2. The lowest BCUT2D eigenvalue weighted by molar-refractivity contribution is -0.141. The van der Waals surface area contributed by atoms with E-state index in [0.29, 0.717) is 42.5 Å². The van der Waals surface area contributed by atoms with Crippen LogP contribution in [0.3, 0.4) is 0 Å². The predicted octanol–water partition coefficient (Wildman–Crippen LogP) is 2.00. The zero-order chi connectivity index (χ0) is 18.4. The normalized spacial score (nSPS) is 13.6. The molecule has 0 spiro atoms. The van der Waals surface area contributed by atoms with Crippen LogP contribution in [0.4, 0.5) is 0 Å². The Morgan fingerprint density at radius 2 is 2.15 bits per heavy atom. The SMILES string of the molecule is COC(=O)CC(Cc1nc(CCCCO)no1)c1ccc2c(c1)OCO2. The second-order valence-electron chi connectivity index (χ2n) is 6.08. The molecular weight excluding hydrogens is 340 g/mol. The average molecular weight is 362 g/mol. The Bertz CT molecular complexity index is 745. The van der Waals surface area contributed by atoms with Crippen LogP contribution in [-0.2, 0) is 22.4 Å². The van der Waals surface area contributed by atoms with E-state index in [1.807, 2.05) is 18.2 Å². The molecule has 1 N–H and O–H groups in total. The van der Waals surface area contributed by atoms with Crippen LogP contribution >= 0.6 is 0 Å². The van der Waals surface area contributed by atoms with Gasteiger partial charge in [-0.3, -0.25) is 4.79 Å². The monoisotopic (exact) mass is 362 g/mol. The van der Waals surface area contributed by atoms with Crippen molar-refractivity contribution in [2.45, 2.75) is 38.0 Å². The molecule has 2 aromatic rings. The van der Waals surface area contributed by atoms with Gasteiger partial charge in [-0.1, -0.05) is 11.2 Å². The third-order valence-corrected chi connectivity index (χ3v) is 4.25. The molecular formula is C18H22N2O6. The van der Waals surface area contributed by atoms with Crippen molar-refractivity contribution in [1.82, 2.24) is 10.1 Å². The number of methoxy groups -OCH3 is 1. The summed E-state index contributed by atoms with van der Waals surface area (Å²) in [5.74, 6) is 1.94. The van der Waals surface area contributed by atoms with Crippen molar-refractivity contribution in [2.75, 3.05) is 20.5 Å². The van der Waals surface area contributed by atoms with Crippen molar-refractivity contribution in [1.29, 1.82) is 0 Å². The van der Waals surface area contributed by atoms with Crippen molar-refractivity contribution in [3.63, 3.8) is 0 Å². The number of aryl methyl sites for hydroxylation is 1. The summed E-state index contributed by atoms with van der Waals surface area (Å²) in [6, 6.07) is 5.60. The van der Waals surface area contributed by atoms with E-state index < -0.39 is 0 Å². The van der Waals surface area contributed by atoms with E-state index in [1.54, 1.807) is 0 Å². The maximum absolute atomic E-state index is 11.8. The Morgan fingerprint density at radius 3 is 2.96 bits per heavy atom. The highest BCUT2D eigenvalue weighted by Gasteiger charge is 2.23. The Hall–Kier alpha value is -2.61. The number of carbonyl (C=O) groups is 1. The molecule has 1 aromatic heterocycles. The van der Waals surface area contributed by atoms with Crippen molar-refractivity contribution in [2.24, 2.45) is 0 Å². The van der Waals surface area contributed by atoms with Gasteiger partial charge in [-0.15, -0.1) is 0 Å². The summed E-state index contributed by atoms with van der Waals surface area (Å²) in [6.45, 7) is 0.345. The van der Waals surface area contributed by atoms with Gasteiger partial charge < -0.3 is 23.8 Å². The van der Waals surface area contributed by atoms with Crippen molar-refractivity contribution in [3.8, 4) is 11.5 Å². The minimum Gasteiger partial charge on any atom is -0.469 e. The standard InChI is InChI=1S/C18H22N2O6/c1-23-18(22)10-13(12-5-6-14-15(8-12)25-11-24-14)9-17-19-16(20-26-17)4-2-3-7-21/h5-6,8,13,21H,2-4,7,9-11H2,1H3. The second kappa shape index (κ2) is 8.66. The van der Waals surface area contributed by atoms with Crippen LogP contribution in [0.1, 0.15) is 42.5 Å². The fraction of sp³-hybridized carbons (Fsp3) is 0.500. The van der Waals surface area contributed by atoms with Crippen LogP contribution in [0.2, 0.25) is 0 Å². The van der Waals surface area contributed by atoms with E-state index in [1.165, 1.54) is 7.11 Å². The quantitative estimate of drug-likeness (QED) is 0.534. The zero-order valence-electron chi connectivity index (χ0n) is 14.6. The van der Waals surface area contributed by atoms with Gasteiger partial charge in [0.05, 0.1) is 13.5 Å². The molecule has 0 saturated carbocycles. The lowest BCUT2D eigenvalue weighted by atomic mass is 9.92. The number of aromatic nitrogens is 2. The average Bonchev–Trinajstić information content (AvgIpc) is 3.29. The number of ether oxygens (including phenoxy) is 3. The van der Waals surface area contributed by atoms with Crippen molar-refractivity contribution >= 4 is 5.97 Å². The summed E-state index contributed by atoms with van der Waals surface area (Å²) in [6.07, 6.45) is 2.76. The molecule has 1 unspecified atom stereocenters. The number of aliphatic hydroxyl groups is 1. The number of rotatable bonds is 9. The van der Waals surface area contributed by atoms with Gasteiger partial charge in [0.2, 0.25) is 12.7 Å². The van der Waals surface area contributed by atoms with Crippen molar-refractivity contribution < 1.29 is 28.6 Å². The van der Waals surface area contributed by atoms with Gasteiger partial charge in [-0.2, -0.15) is 4.98 Å². The van der Waals surface area contributed by atoms with Crippen LogP contribution in [-0.4, -0.2) is 41.7 Å². The maximum atomic E-state index is 11.8. The van der Waals surface area contributed by atoms with Crippen molar-refractivity contribution in [3.05, 3.63) is 35.5 Å². The molecule has 26 heavy (non-hydrogen) atoms. The molecule has 0 amide bonds. The molecule has 140 valence electrons. The molecule has 1 aromatic carbocycles. The first-order valence-corrected chi connectivity index (χ1v) is 8.58. The third-order valence-electron chi connectivity index (χ3n) is 4.25. The zero-order valence-corrected chi connectivity index (χ0v) is 14.6. The lowest BCUT2D eigenvalue weighted by Crippen LogP contribution is -2.11. The van der Waals surface area contributed by atoms with Gasteiger partial charge in [0.1, 0.15) is 0 Å². The largest absolute Gasteiger partial charge is 0.469 e. The number of hydrogen-bond acceptors (Lipinski definition) is 8. The number of unbranched alkanes of at least 4 members (excludes halogenated alkanes) is 1. The van der Waals surface area contributed by atoms with Gasteiger partial charge in [0, 0.05) is 25.4 Å². The van der Waals surface area contributed by atoms with Crippen LogP contribution < -0.4 is 9.47 Å². The molecule has 0 radical (unpaired) electrons. The van der Waals surface area contributed by atoms with E-state index in [9.17, 15) is 4.79 Å². The maximum Gasteiger partial charge on any atom is 0.306 e. The molecule has 8 heteroatoms. The minimum atomic E-state index is -0.310. The Balaban J connectivity index is 1.73. The first kappa shape index (κ1) is 18.2. The number of fused-ring (bicyclic) bond motifs is 1. The van der Waals surface area contributed by atoms with Crippen LogP contribution in [0.5, 0.6) is 11.5 Å². The molecule has 3 rings (SSSR count). The van der Waals surface area contributed by atoms with E-state index in [0.717, 1.165) is 12.0 Å². The van der Waals surface area contributed by atoms with E-state index in [2.05, 4.69) is 10.1 Å². The number of benzene rings is 1. The van der Waals surface area contributed by atoms with Gasteiger partial charge in [-0.05, 0) is 30.5 Å². The summed E-state index contributed by atoms with van der Waals surface area (Å²) in [5.41, 5.74) is 0.916. The molecule has 1 aliphatic rings. The Labute approximate surface area is 151 Å². The first-order valence-electron chi connectivity index (χ1n) is 8.58. The first-order chi connectivity index (χ1) is 12.7. The summed E-state index contributed by atoms with van der Waals surface area (Å²) in [7, 11) is 1.37. The molecule has 1 atom stereocenters. The summed E-state index contributed by atoms with van der Waals surface area (Å²) in [5, 5.41) is 12.8. The molecule has 0 bridgehead atoms. The van der Waals surface area contributed by atoms with Gasteiger partial charge in [0.15, 0.2) is 17.3 Å². The van der Waals surface area contributed by atoms with Gasteiger partial charge in [-0.25, -0.2) is 0 Å². The Kier molecular flexibility index (Phi) is 6.06. The molecule has 1 aliphatic heterocycles. The fourth-order valence-electron chi connectivity index (χ4n) is 2.84. The van der Waals surface area contributed by atoms with E-state index in [-0.39, 0.29) is 31.7 Å². The van der Waals surface area contributed by atoms with E-state index in [4.69, 9.17) is 23.8 Å². The molecule has 0 saturated heterocycles. The summed E-state index contributed by atoms with van der Waals surface area (Å²) < 4.78 is 20.9. The van der Waals surface area contributed by atoms with Crippen LogP contribution in [0.25, 0.3) is 0 Å². The molecule has 0 fully saturated rings. The van der Waals surface area contributed by atoms with Gasteiger partial charge in [0.25, 0.3) is 0 Å².